The van der Waals surface area contributed by atoms with Gasteiger partial charge in [-0.15, -0.1) is 0 Å². The number of ether oxygens (including phenoxy) is 1. The van der Waals surface area contributed by atoms with Gasteiger partial charge < -0.3 is 14.5 Å². The minimum absolute atomic E-state index is 0.224. The zero-order valence-corrected chi connectivity index (χ0v) is 17.9. The predicted octanol–water partition coefficient (Wildman–Crippen LogP) is 2.81. The molecule has 2 aromatic rings. The van der Waals surface area contributed by atoms with Crippen LogP contribution >= 0.6 is 0 Å². The van der Waals surface area contributed by atoms with Crippen molar-refractivity contribution in [2.75, 3.05) is 33.3 Å². The fraction of sp³-hybridized carbons (Fsp3) is 0.348. The van der Waals surface area contributed by atoms with Gasteiger partial charge >= 0.3 is 0 Å². The van der Waals surface area contributed by atoms with Gasteiger partial charge in [-0.3, -0.25) is 14.9 Å². The Morgan fingerprint density at radius 1 is 1.03 bits per heavy atom. The summed E-state index contributed by atoms with van der Waals surface area (Å²) < 4.78 is 5.24. The highest BCUT2D eigenvalue weighted by atomic mass is 16.5. The van der Waals surface area contributed by atoms with E-state index in [2.05, 4.69) is 5.32 Å². The van der Waals surface area contributed by atoms with Crippen LogP contribution in [0.3, 0.4) is 0 Å². The van der Waals surface area contributed by atoms with E-state index in [0.29, 0.717) is 43.5 Å². The summed E-state index contributed by atoms with van der Waals surface area (Å²) in [5.74, 6) is 0.981. The quantitative estimate of drug-likeness (QED) is 0.480. The summed E-state index contributed by atoms with van der Waals surface area (Å²) in [6.07, 6.45) is 0.860. The molecule has 1 aliphatic heterocycles. The first-order valence-corrected chi connectivity index (χ1v) is 9.98. The fourth-order valence-electron chi connectivity index (χ4n) is 3.49. The molecule has 7 heteroatoms. The molecule has 1 fully saturated rings. The number of para-hydroxylation sites is 1. The van der Waals surface area contributed by atoms with Crippen LogP contribution in [0.2, 0.25) is 0 Å². The first kappa shape index (κ1) is 21.4. The fourth-order valence-corrected chi connectivity index (χ4v) is 3.49. The van der Waals surface area contributed by atoms with Gasteiger partial charge in [0.1, 0.15) is 5.75 Å². The van der Waals surface area contributed by atoms with E-state index in [1.807, 2.05) is 49.9 Å². The van der Waals surface area contributed by atoms with Gasteiger partial charge in [-0.05, 0) is 55.7 Å². The third kappa shape index (κ3) is 4.79. The predicted molar refractivity (Wildman–Crippen MR) is 117 cm³/mol. The Labute approximate surface area is 177 Å². The van der Waals surface area contributed by atoms with Crippen molar-refractivity contribution < 1.29 is 14.3 Å². The van der Waals surface area contributed by atoms with E-state index < -0.39 is 0 Å². The van der Waals surface area contributed by atoms with Gasteiger partial charge in [0.15, 0.2) is 0 Å². The molecule has 0 unspecified atom stereocenters. The first-order chi connectivity index (χ1) is 14.4. The highest BCUT2D eigenvalue weighted by molar-refractivity contribution is 6.07. The molecule has 2 amide bonds. The molecule has 1 N–H and O–H groups in total. The van der Waals surface area contributed by atoms with Crippen molar-refractivity contribution in [2.24, 2.45) is 4.99 Å². The molecule has 30 heavy (non-hydrogen) atoms. The Kier molecular flexibility index (Phi) is 6.72. The number of carbonyl (C=O) groups excluding carboxylic acids is 2. The normalized spacial score (nSPS) is 14.5. The highest BCUT2D eigenvalue weighted by Crippen LogP contribution is 2.24. The zero-order chi connectivity index (χ0) is 21.7. The third-order valence-electron chi connectivity index (χ3n) is 5.32. The summed E-state index contributed by atoms with van der Waals surface area (Å²) in [6, 6.07) is 11.4. The van der Waals surface area contributed by atoms with E-state index in [9.17, 15) is 9.59 Å². The lowest BCUT2D eigenvalue weighted by atomic mass is 10.1. The molecule has 7 nitrogen and oxygen atoms in total. The largest absolute Gasteiger partial charge is 0.497 e. The number of methoxy groups -OCH3 is 1. The minimum Gasteiger partial charge on any atom is -0.497 e. The van der Waals surface area contributed by atoms with Crippen molar-refractivity contribution in [1.82, 2.24) is 15.1 Å². The Morgan fingerprint density at radius 2 is 1.70 bits per heavy atom. The maximum atomic E-state index is 13.1. The molecule has 3 rings (SSSR count). The Hall–Kier alpha value is -3.35. The van der Waals surface area contributed by atoms with Crippen molar-refractivity contribution in [2.45, 2.75) is 20.8 Å². The molecule has 0 spiro atoms. The lowest BCUT2D eigenvalue weighted by Crippen LogP contribution is -2.53. The lowest BCUT2D eigenvalue weighted by molar-refractivity contribution is -0.119. The molecule has 0 radical (unpaired) electrons. The number of hydrogen-bond donors (Lipinski definition) is 1. The van der Waals surface area contributed by atoms with E-state index in [-0.39, 0.29) is 5.91 Å². The van der Waals surface area contributed by atoms with Crippen molar-refractivity contribution in [3.8, 4) is 5.75 Å². The van der Waals surface area contributed by atoms with Crippen molar-refractivity contribution >= 4 is 24.0 Å². The summed E-state index contributed by atoms with van der Waals surface area (Å²) in [5, 5.41) is 3.01. The number of piperazine rings is 1. The smallest absolute Gasteiger partial charge is 0.258 e. The second kappa shape index (κ2) is 9.43. The van der Waals surface area contributed by atoms with Crippen LogP contribution in [0.5, 0.6) is 5.75 Å². The zero-order valence-electron chi connectivity index (χ0n) is 17.9. The summed E-state index contributed by atoms with van der Waals surface area (Å²) in [4.78, 5) is 32.7. The van der Waals surface area contributed by atoms with Crippen LogP contribution in [-0.4, -0.2) is 61.4 Å². The van der Waals surface area contributed by atoms with E-state index in [1.54, 1.807) is 24.1 Å². The van der Waals surface area contributed by atoms with Gasteiger partial charge in [0.2, 0.25) is 12.4 Å². The first-order valence-electron chi connectivity index (χ1n) is 9.98. The highest BCUT2D eigenvalue weighted by Gasteiger charge is 2.22. The topological polar surface area (TPSA) is 74.2 Å². The van der Waals surface area contributed by atoms with E-state index in [1.165, 1.54) is 0 Å². The van der Waals surface area contributed by atoms with Crippen LogP contribution in [0.15, 0.2) is 41.4 Å². The van der Waals surface area contributed by atoms with Crippen LogP contribution in [0.4, 0.5) is 5.69 Å². The van der Waals surface area contributed by atoms with Gasteiger partial charge in [-0.2, -0.15) is 0 Å². The molecule has 158 valence electrons. The molecule has 2 aromatic carbocycles. The Balaban J connectivity index is 1.92. The number of nitrogens with zero attached hydrogens (tertiary/aromatic N) is 3. The summed E-state index contributed by atoms with van der Waals surface area (Å²) in [7, 11) is 1.60. The molecule has 0 aliphatic carbocycles. The molecule has 0 aromatic heterocycles. The van der Waals surface area contributed by atoms with Gasteiger partial charge in [0.25, 0.3) is 5.91 Å². The Morgan fingerprint density at radius 3 is 2.27 bits per heavy atom. The number of guanidine groups is 1. The molecule has 1 aliphatic rings. The number of amides is 2. The number of aryl methyl sites for hydroxylation is 3. The van der Waals surface area contributed by atoms with Crippen LogP contribution in [0.1, 0.15) is 27.0 Å². The molecular weight excluding hydrogens is 380 g/mol. The Bertz CT molecular complexity index is 943. The van der Waals surface area contributed by atoms with Gasteiger partial charge in [0.05, 0.1) is 12.8 Å². The SMILES string of the molecule is COc1ccc(C(=O)NC(=Nc2c(C)cccc2C)N2CCN(C=O)CC2)c(C)c1. The average Bonchev–Trinajstić information content (AvgIpc) is 2.75. The molecule has 0 atom stereocenters. The maximum Gasteiger partial charge on any atom is 0.258 e. The minimum atomic E-state index is -0.224. The number of aliphatic imine (C=N–C) groups is 1. The number of carbonyl (C=O) groups is 2. The molecular formula is C23H28N4O3. The summed E-state index contributed by atoms with van der Waals surface area (Å²) in [6.45, 7) is 8.27. The van der Waals surface area contributed by atoms with Crippen molar-refractivity contribution in [3.63, 3.8) is 0 Å². The van der Waals surface area contributed by atoms with Crippen LogP contribution in [-0.2, 0) is 4.79 Å². The second-order valence-electron chi connectivity index (χ2n) is 7.44. The summed E-state index contributed by atoms with van der Waals surface area (Å²) in [5.41, 5.74) is 4.31. The lowest BCUT2D eigenvalue weighted by Gasteiger charge is -2.34. The van der Waals surface area contributed by atoms with E-state index in [0.717, 1.165) is 28.8 Å². The van der Waals surface area contributed by atoms with Crippen LogP contribution in [0, 0.1) is 20.8 Å². The molecule has 0 bridgehead atoms. The van der Waals surface area contributed by atoms with Crippen molar-refractivity contribution in [1.29, 1.82) is 0 Å². The van der Waals surface area contributed by atoms with Crippen LogP contribution < -0.4 is 10.1 Å². The average molecular weight is 409 g/mol. The van der Waals surface area contributed by atoms with Crippen LogP contribution in [0.25, 0.3) is 0 Å². The number of benzene rings is 2. The van der Waals surface area contributed by atoms with Gasteiger partial charge in [-0.1, -0.05) is 18.2 Å². The van der Waals surface area contributed by atoms with Crippen molar-refractivity contribution in [3.05, 3.63) is 58.7 Å². The van der Waals surface area contributed by atoms with E-state index >= 15 is 0 Å². The van der Waals surface area contributed by atoms with E-state index in [4.69, 9.17) is 9.73 Å². The number of nitrogens with one attached hydrogen (secondary N) is 1. The molecule has 1 saturated heterocycles. The summed E-state index contributed by atoms with van der Waals surface area (Å²) >= 11 is 0. The number of rotatable bonds is 4. The monoisotopic (exact) mass is 408 g/mol. The third-order valence-corrected chi connectivity index (χ3v) is 5.32. The number of hydrogen-bond acceptors (Lipinski definition) is 4. The molecule has 1 heterocycles. The standard InChI is InChI=1S/C23H28N4O3/c1-16-6-5-7-17(2)21(16)24-23(27-12-10-26(15-28)11-13-27)25-22(29)20-9-8-19(30-4)14-18(20)3/h5-9,14-15H,10-13H2,1-4H3,(H,24,25,29). The second-order valence-corrected chi connectivity index (χ2v) is 7.44. The van der Waals surface area contributed by atoms with Gasteiger partial charge in [-0.25, -0.2) is 4.99 Å². The maximum absolute atomic E-state index is 13.1. The molecule has 0 saturated carbocycles. The van der Waals surface area contributed by atoms with Gasteiger partial charge in [0, 0.05) is 31.7 Å².